The minimum Gasteiger partial charge on any atom is -0.283 e. The summed E-state index contributed by atoms with van der Waals surface area (Å²) in [5.74, 6) is -0.191. The standard InChI is InChI=1S/C16H15N3O3S/c1-3-8-17-16-18(9-4-2)15(20)14(23-16)11-12-6-5-7-13(10-12)19(21)22/h3-7,10-11H,1-2,8-9H2. The molecule has 2 rings (SSSR count). The molecule has 1 amide bonds. The molecule has 6 nitrogen and oxygen atoms in total. The van der Waals surface area contributed by atoms with Gasteiger partial charge in [0.2, 0.25) is 0 Å². The molecule has 0 unspecified atom stereocenters. The molecule has 1 aromatic rings. The van der Waals surface area contributed by atoms with Gasteiger partial charge in [0, 0.05) is 18.7 Å². The SMILES string of the molecule is C=CCN=C1SC(=Cc2cccc([N+](=O)[O-])c2)C(=O)N1CC=C. The lowest BCUT2D eigenvalue weighted by atomic mass is 10.2. The van der Waals surface area contributed by atoms with Gasteiger partial charge in [-0.3, -0.25) is 24.8 Å². The normalized spacial score (nSPS) is 17.7. The number of carbonyl (C=O) groups is 1. The molecule has 0 aromatic heterocycles. The summed E-state index contributed by atoms with van der Waals surface area (Å²) in [6.45, 7) is 8.01. The Morgan fingerprint density at radius 2 is 2.13 bits per heavy atom. The fourth-order valence-electron chi connectivity index (χ4n) is 1.94. The van der Waals surface area contributed by atoms with Gasteiger partial charge in [0.1, 0.15) is 0 Å². The summed E-state index contributed by atoms with van der Waals surface area (Å²) in [6, 6.07) is 6.14. The van der Waals surface area contributed by atoms with Gasteiger partial charge in [0.15, 0.2) is 5.17 Å². The number of hydrogen-bond acceptors (Lipinski definition) is 5. The molecule has 1 fully saturated rings. The number of nitro groups is 1. The van der Waals surface area contributed by atoms with E-state index in [0.717, 1.165) is 0 Å². The molecule has 0 aliphatic carbocycles. The number of hydrogen-bond donors (Lipinski definition) is 0. The van der Waals surface area contributed by atoms with Gasteiger partial charge in [0.05, 0.1) is 16.4 Å². The highest BCUT2D eigenvalue weighted by atomic mass is 32.2. The highest BCUT2D eigenvalue weighted by molar-refractivity contribution is 8.18. The fourth-order valence-corrected chi connectivity index (χ4v) is 2.93. The maximum atomic E-state index is 12.4. The molecule has 1 aromatic carbocycles. The Hall–Kier alpha value is -2.67. The zero-order valence-electron chi connectivity index (χ0n) is 12.3. The van der Waals surface area contributed by atoms with Crippen molar-refractivity contribution in [3.63, 3.8) is 0 Å². The van der Waals surface area contributed by atoms with Gasteiger partial charge in [-0.05, 0) is 23.4 Å². The van der Waals surface area contributed by atoms with Crippen molar-refractivity contribution in [2.24, 2.45) is 4.99 Å². The van der Waals surface area contributed by atoms with Crippen molar-refractivity contribution in [3.05, 3.63) is 70.2 Å². The van der Waals surface area contributed by atoms with Gasteiger partial charge < -0.3 is 0 Å². The molecule has 0 atom stereocenters. The lowest BCUT2D eigenvalue weighted by Crippen LogP contribution is -2.29. The molecule has 7 heteroatoms. The van der Waals surface area contributed by atoms with Crippen molar-refractivity contribution < 1.29 is 9.72 Å². The van der Waals surface area contributed by atoms with E-state index in [1.165, 1.54) is 28.8 Å². The Bertz CT molecular complexity index is 725. The van der Waals surface area contributed by atoms with Crippen molar-refractivity contribution in [2.75, 3.05) is 13.1 Å². The van der Waals surface area contributed by atoms with Crippen LogP contribution in [0.1, 0.15) is 5.56 Å². The van der Waals surface area contributed by atoms with Crippen LogP contribution in [0.5, 0.6) is 0 Å². The van der Waals surface area contributed by atoms with Gasteiger partial charge in [-0.25, -0.2) is 0 Å². The predicted molar refractivity (Wildman–Crippen MR) is 93.1 cm³/mol. The number of thioether (sulfide) groups is 1. The molecular formula is C16H15N3O3S. The van der Waals surface area contributed by atoms with E-state index in [9.17, 15) is 14.9 Å². The molecule has 0 saturated carbocycles. The molecule has 0 spiro atoms. The first-order valence-corrected chi connectivity index (χ1v) is 7.60. The number of non-ortho nitro benzene ring substituents is 1. The van der Waals surface area contributed by atoms with Crippen LogP contribution in [-0.2, 0) is 4.79 Å². The van der Waals surface area contributed by atoms with E-state index >= 15 is 0 Å². The van der Waals surface area contributed by atoms with E-state index in [1.807, 2.05) is 0 Å². The van der Waals surface area contributed by atoms with Crippen molar-refractivity contribution >= 4 is 34.6 Å². The second-order valence-electron chi connectivity index (χ2n) is 4.58. The number of rotatable bonds is 6. The average molecular weight is 329 g/mol. The van der Waals surface area contributed by atoms with E-state index in [4.69, 9.17) is 0 Å². The van der Waals surface area contributed by atoms with E-state index < -0.39 is 4.92 Å². The largest absolute Gasteiger partial charge is 0.283 e. The molecule has 1 saturated heterocycles. The molecule has 1 heterocycles. The summed E-state index contributed by atoms with van der Waals surface area (Å²) < 4.78 is 0. The van der Waals surface area contributed by atoms with Gasteiger partial charge in [-0.15, -0.1) is 13.2 Å². The van der Waals surface area contributed by atoms with Crippen LogP contribution in [0.3, 0.4) is 0 Å². The third-order valence-electron chi connectivity index (χ3n) is 2.93. The van der Waals surface area contributed by atoms with E-state index in [2.05, 4.69) is 18.2 Å². The molecule has 1 aliphatic heterocycles. The molecule has 1 aliphatic rings. The van der Waals surface area contributed by atoms with Crippen LogP contribution >= 0.6 is 11.8 Å². The Morgan fingerprint density at radius 1 is 1.35 bits per heavy atom. The summed E-state index contributed by atoms with van der Waals surface area (Å²) in [4.78, 5) is 29.1. The number of nitro benzene ring substituents is 1. The predicted octanol–water partition coefficient (Wildman–Crippen LogP) is 3.24. The first-order chi connectivity index (χ1) is 11.1. The molecule has 0 bridgehead atoms. The van der Waals surface area contributed by atoms with Gasteiger partial charge in [-0.1, -0.05) is 24.3 Å². The Labute approximate surface area is 138 Å². The third-order valence-corrected chi connectivity index (χ3v) is 3.98. The summed E-state index contributed by atoms with van der Waals surface area (Å²) in [5.41, 5.74) is 0.580. The van der Waals surface area contributed by atoms with Gasteiger partial charge in [0.25, 0.3) is 11.6 Å². The minimum atomic E-state index is -0.466. The van der Waals surface area contributed by atoms with E-state index in [-0.39, 0.29) is 11.6 Å². The second kappa shape index (κ2) is 7.55. The van der Waals surface area contributed by atoms with Crippen LogP contribution in [0.2, 0.25) is 0 Å². The Balaban J connectivity index is 2.33. The number of aliphatic imine (C=N–C) groups is 1. The van der Waals surface area contributed by atoms with Crippen molar-refractivity contribution in [1.29, 1.82) is 0 Å². The van der Waals surface area contributed by atoms with Crippen LogP contribution in [0.25, 0.3) is 6.08 Å². The Kier molecular flexibility index (Phi) is 5.48. The minimum absolute atomic E-state index is 0.0155. The summed E-state index contributed by atoms with van der Waals surface area (Å²) in [5, 5.41) is 11.4. The second-order valence-corrected chi connectivity index (χ2v) is 5.59. The first kappa shape index (κ1) is 16.7. The number of amides is 1. The number of amidine groups is 1. The lowest BCUT2D eigenvalue weighted by Gasteiger charge is -2.12. The fraction of sp³-hybridized carbons (Fsp3) is 0.125. The molecule has 118 valence electrons. The van der Waals surface area contributed by atoms with Crippen LogP contribution in [0.15, 0.2) is 59.5 Å². The first-order valence-electron chi connectivity index (χ1n) is 6.79. The van der Waals surface area contributed by atoms with Crippen molar-refractivity contribution in [1.82, 2.24) is 4.90 Å². The smallest absolute Gasteiger partial charge is 0.270 e. The zero-order valence-corrected chi connectivity index (χ0v) is 13.2. The van der Waals surface area contributed by atoms with E-state index in [1.54, 1.807) is 30.4 Å². The monoisotopic (exact) mass is 329 g/mol. The maximum Gasteiger partial charge on any atom is 0.270 e. The molecular weight excluding hydrogens is 314 g/mol. The zero-order chi connectivity index (χ0) is 16.8. The summed E-state index contributed by atoms with van der Waals surface area (Å²) in [7, 11) is 0. The van der Waals surface area contributed by atoms with Crippen molar-refractivity contribution in [2.45, 2.75) is 0 Å². The van der Waals surface area contributed by atoms with Crippen LogP contribution in [-0.4, -0.2) is 34.0 Å². The average Bonchev–Trinajstić information content (AvgIpc) is 2.82. The molecule has 0 radical (unpaired) electrons. The Morgan fingerprint density at radius 3 is 2.78 bits per heavy atom. The van der Waals surface area contributed by atoms with Crippen LogP contribution < -0.4 is 0 Å². The lowest BCUT2D eigenvalue weighted by molar-refractivity contribution is -0.384. The summed E-state index contributed by atoms with van der Waals surface area (Å²) in [6.07, 6.45) is 4.90. The van der Waals surface area contributed by atoms with Crippen LogP contribution in [0.4, 0.5) is 5.69 Å². The topological polar surface area (TPSA) is 75.8 Å². The highest BCUT2D eigenvalue weighted by Crippen LogP contribution is 2.32. The quantitative estimate of drug-likeness (QED) is 0.347. The van der Waals surface area contributed by atoms with Gasteiger partial charge >= 0.3 is 0 Å². The van der Waals surface area contributed by atoms with Gasteiger partial charge in [-0.2, -0.15) is 0 Å². The van der Waals surface area contributed by atoms with Crippen LogP contribution in [0, 0.1) is 10.1 Å². The number of carbonyl (C=O) groups excluding carboxylic acids is 1. The molecule has 0 N–H and O–H groups in total. The number of benzene rings is 1. The van der Waals surface area contributed by atoms with Crippen molar-refractivity contribution in [3.8, 4) is 0 Å². The maximum absolute atomic E-state index is 12.4. The van der Waals surface area contributed by atoms with E-state index in [0.29, 0.717) is 28.7 Å². The third kappa shape index (κ3) is 3.95. The molecule has 23 heavy (non-hydrogen) atoms. The summed E-state index contributed by atoms with van der Waals surface area (Å²) >= 11 is 1.24. The number of nitrogens with zero attached hydrogens (tertiary/aromatic N) is 3. The highest BCUT2D eigenvalue weighted by Gasteiger charge is 2.32.